The predicted octanol–water partition coefficient (Wildman–Crippen LogP) is 0.461. The topological polar surface area (TPSA) is 75.9 Å². The second-order valence-corrected chi connectivity index (χ2v) is 4.23. The van der Waals surface area contributed by atoms with E-state index < -0.39 is 0 Å². The number of aromatic nitrogens is 2. The fourth-order valence-corrected chi connectivity index (χ4v) is 1.86. The molecule has 2 heterocycles. The summed E-state index contributed by atoms with van der Waals surface area (Å²) in [7, 11) is 1.56. The lowest BCUT2D eigenvalue weighted by Gasteiger charge is -2.15. The van der Waals surface area contributed by atoms with E-state index in [-0.39, 0.29) is 18.6 Å². The van der Waals surface area contributed by atoms with Crippen LogP contribution in [0.4, 0.5) is 0 Å². The number of pyridine rings is 1. The second-order valence-electron chi connectivity index (χ2n) is 4.23. The van der Waals surface area contributed by atoms with Crippen molar-refractivity contribution in [1.29, 1.82) is 0 Å². The molecule has 0 aliphatic heterocycles. The number of hydrogen-bond donors (Lipinski definition) is 2. The van der Waals surface area contributed by atoms with Gasteiger partial charge in [-0.2, -0.15) is 0 Å². The molecule has 0 radical (unpaired) electrons. The quantitative estimate of drug-likeness (QED) is 0.794. The molecule has 0 saturated carbocycles. The van der Waals surface area contributed by atoms with Gasteiger partial charge in [-0.25, -0.2) is 4.98 Å². The Bertz CT molecular complexity index is 514. The van der Waals surface area contributed by atoms with Gasteiger partial charge in [0.25, 0.3) is 5.91 Å². The van der Waals surface area contributed by atoms with E-state index in [0.29, 0.717) is 18.7 Å². The Morgan fingerprint density at radius 2 is 2.42 bits per heavy atom. The maximum absolute atomic E-state index is 12.1. The van der Waals surface area contributed by atoms with Gasteiger partial charge in [0, 0.05) is 26.1 Å². The first kappa shape index (κ1) is 13.5. The Kier molecular flexibility index (Phi) is 4.48. The molecule has 6 heteroatoms. The SMILES string of the molecule is COCC(CCO)NC(=O)c1cn2ccccc2n1. The minimum Gasteiger partial charge on any atom is -0.396 e. The zero-order valence-electron chi connectivity index (χ0n) is 10.7. The van der Waals surface area contributed by atoms with Crippen LogP contribution in [0, 0.1) is 0 Å². The summed E-state index contributed by atoms with van der Waals surface area (Å²) < 4.78 is 6.78. The Morgan fingerprint density at radius 3 is 3.11 bits per heavy atom. The fourth-order valence-electron chi connectivity index (χ4n) is 1.86. The standard InChI is InChI=1S/C13H17N3O3/c1-19-9-10(5-7-17)14-13(18)11-8-16-6-3-2-4-12(16)15-11/h2-4,6,8,10,17H,5,7,9H2,1H3,(H,14,18). The van der Waals surface area contributed by atoms with Crippen molar-refractivity contribution in [2.75, 3.05) is 20.3 Å². The van der Waals surface area contributed by atoms with Crippen LogP contribution in [0.15, 0.2) is 30.6 Å². The molecule has 2 N–H and O–H groups in total. The van der Waals surface area contributed by atoms with Crippen LogP contribution in [0.5, 0.6) is 0 Å². The largest absolute Gasteiger partial charge is 0.396 e. The van der Waals surface area contributed by atoms with Crippen LogP contribution >= 0.6 is 0 Å². The summed E-state index contributed by atoms with van der Waals surface area (Å²) in [6.45, 7) is 0.360. The number of hydrogen-bond acceptors (Lipinski definition) is 4. The number of rotatable bonds is 6. The van der Waals surface area contributed by atoms with Crippen molar-refractivity contribution in [3.8, 4) is 0 Å². The van der Waals surface area contributed by atoms with E-state index in [1.165, 1.54) is 0 Å². The summed E-state index contributed by atoms with van der Waals surface area (Å²) in [5.74, 6) is -0.265. The van der Waals surface area contributed by atoms with E-state index >= 15 is 0 Å². The van der Waals surface area contributed by atoms with Crippen molar-refractivity contribution in [3.05, 3.63) is 36.3 Å². The third kappa shape index (κ3) is 3.30. The van der Waals surface area contributed by atoms with E-state index in [0.717, 1.165) is 5.65 Å². The highest BCUT2D eigenvalue weighted by Crippen LogP contribution is 2.05. The maximum Gasteiger partial charge on any atom is 0.271 e. The van der Waals surface area contributed by atoms with Crippen LogP contribution in [0.1, 0.15) is 16.9 Å². The van der Waals surface area contributed by atoms with Crippen LogP contribution in [-0.4, -0.2) is 46.8 Å². The number of nitrogens with one attached hydrogen (secondary N) is 1. The van der Waals surface area contributed by atoms with Crippen molar-refractivity contribution >= 4 is 11.6 Å². The normalized spacial score (nSPS) is 12.5. The number of ether oxygens (including phenoxy) is 1. The summed E-state index contributed by atoms with van der Waals surface area (Å²) in [4.78, 5) is 16.3. The van der Waals surface area contributed by atoms with E-state index in [4.69, 9.17) is 9.84 Å². The van der Waals surface area contributed by atoms with Crippen LogP contribution in [0.3, 0.4) is 0 Å². The molecule has 0 aliphatic rings. The zero-order chi connectivity index (χ0) is 13.7. The monoisotopic (exact) mass is 263 g/mol. The molecule has 0 bridgehead atoms. The van der Waals surface area contributed by atoms with Gasteiger partial charge in [-0.1, -0.05) is 6.07 Å². The lowest BCUT2D eigenvalue weighted by molar-refractivity contribution is 0.0874. The van der Waals surface area contributed by atoms with Crippen molar-refractivity contribution in [1.82, 2.24) is 14.7 Å². The number of carbonyl (C=O) groups excluding carboxylic acids is 1. The van der Waals surface area contributed by atoms with E-state index in [2.05, 4.69) is 10.3 Å². The number of carbonyl (C=O) groups is 1. The molecule has 0 aromatic carbocycles. The Labute approximate surface area is 111 Å². The van der Waals surface area contributed by atoms with E-state index in [1.807, 2.05) is 24.4 Å². The number of aliphatic hydroxyl groups excluding tert-OH is 1. The molecule has 1 unspecified atom stereocenters. The molecule has 2 aromatic rings. The predicted molar refractivity (Wildman–Crippen MR) is 70.0 cm³/mol. The van der Waals surface area contributed by atoms with Crippen LogP contribution in [-0.2, 0) is 4.74 Å². The first-order valence-corrected chi connectivity index (χ1v) is 6.09. The van der Waals surface area contributed by atoms with Crippen LogP contribution in [0.2, 0.25) is 0 Å². The highest BCUT2D eigenvalue weighted by Gasteiger charge is 2.15. The average Bonchev–Trinajstić information content (AvgIpc) is 2.83. The van der Waals surface area contributed by atoms with Gasteiger partial charge in [-0.15, -0.1) is 0 Å². The van der Waals surface area contributed by atoms with Crippen LogP contribution in [0.25, 0.3) is 5.65 Å². The molecule has 2 rings (SSSR count). The molecule has 0 aliphatic carbocycles. The highest BCUT2D eigenvalue weighted by molar-refractivity contribution is 5.93. The van der Waals surface area contributed by atoms with Crippen molar-refractivity contribution < 1.29 is 14.6 Å². The lowest BCUT2D eigenvalue weighted by Crippen LogP contribution is -2.38. The minimum atomic E-state index is -0.265. The Balaban J connectivity index is 2.09. The molecule has 0 saturated heterocycles. The molecule has 0 fully saturated rings. The molecular formula is C13H17N3O3. The highest BCUT2D eigenvalue weighted by atomic mass is 16.5. The number of amides is 1. The minimum absolute atomic E-state index is 0.000523. The lowest BCUT2D eigenvalue weighted by atomic mass is 10.2. The summed E-state index contributed by atoms with van der Waals surface area (Å²) in [5, 5.41) is 11.7. The van der Waals surface area contributed by atoms with Gasteiger partial charge in [-0.3, -0.25) is 4.79 Å². The molecule has 6 nitrogen and oxygen atoms in total. The fraction of sp³-hybridized carbons (Fsp3) is 0.385. The van der Waals surface area contributed by atoms with E-state index in [9.17, 15) is 4.79 Å². The van der Waals surface area contributed by atoms with Crippen molar-refractivity contribution in [3.63, 3.8) is 0 Å². The number of methoxy groups -OCH3 is 1. The molecular weight excluding hydrogens is 246 g/mol. The van der Waals surface area contributed by atoms with E-state index in [1.54, 1.807) is 17.7 Å². The number of fused-ring (bicyclic) bond motifs is 1. The van der Waals surface area contributed by atoms with Crippen molar-refractivity contribution in [2.45, 2.75) is 12.5 Å². The second kappa shape index (κ2) is 6.31. The summed E-state index contributed by atoms with van der Waals surface area (Å²) in [6, 6.07) is 5.35. The molecule has 0 spiro atoms. The smallest absolute Gasteiger partial charge is 0.271 e. The van der Waals surface area contributed by atoms with Gasteiger partial charge in [0.1, 0.15) is 11.3 Å². The average molecular weight is 263 g/mol. The number of imidazole rings is 1. The first-order chi connectivity index (χ1) is 9.24. The third-order valence-corrected chi connectivity index (χ3v) is 2.78. The zero-order valence-corrected chi connectivity index (χ0v) is 10.7. The summed E-state index contributed by atoms with van der Waals surface area (Å²) in [5.41, 5.74) is 1.07. The Morgan fingerprint density at radius 1 is 1.58 bits per heavy atom. The number of aliphatic hydroxyl groups is 1. The van der Waals surface area contributed by atoms with Gasteiger partial charge in [0.15, 0.2) is 0 Å². The Hall–Kier alpha value is -1.92. The van der Waals surface area contributed by atoms with Crippen molar-refractivity contribution in [2.24, 2.45) is 0 Å². The summed E-state index contributed by atoms with van der Waals surface area (Å²) in [6.07, 6.45) is 3.96. The molecule has 1 atom stereocenters. The van der Waals surface area contributed by atoms with Crippen LogP contribution < -0.4 is 5.32 Å². The summed E-state index contributed by atoms with van der Waals surface area (Å²) >= 11 is 0. The first-order valence-electron chi connectivity index (χ1n) is 6.09. The number of nitrogens with zero attached hydrogens (tertiary/aromatic N) is 2. The maximum atomic E-state index is 12.1. The van der Waals surface area contributed by atoms with Gasteiger partial charge < -0.3 is 19.6 Å². The van der Waals surface area contributed by atoms with Gasteiger partial charge >= 0.3 is 0 Å². The van der Waals surface area contributed by atoms with Gasteiger partial charge in [0.2, 0.25) is 0 Å². The molecule has 2 aromatic heterocycles. The van der Waals surface area contributed by atoms with Gasteiger partial charge in [0.05, 0.1) is 12.6 Å². The molecule has 102 valence electrons. The third-order valence-electron chi connectivity index (χ3n) is 2.78. The molecule has 19 heavy (non-hydrogen) atoms. The molecule has 1 amide bonds. The van der Waals surface area contributed by atoms with Gasteiger partial charge in [-0.05, 0) is 18.6 Å².